The van der Waals surface area contributed by atoms with Crippen LogP contribution < -0.4 is 9.47 Å². The molecule has 1 aliphatic heterocycles. The number of halogens is 2. The Kier molecular flexibility index (Phi) is 3.08. The average Bonchev–Trinajstić information content (AvgIpc) is 2.28. The Balaban J connectivity index is 2.42. The van der Waals surface area contributed by atoms with Gasteiger partial charge in [0.1, 0.15) is 13.2 Å². The third kappa shape index (κ3) is 2.01. The van der Waals surface area contributed by atoms with Crippen molar-refractivity contribution in [2.24, 2.45) is 4.99 Å². The van der Waals surface area contributed by atoms with E-state index >= 15 is 0 Å². The van der Waals surface area contributed by atoms with Crippen molar-refractivity contribution in [2.75, 3.05) is 13.2 Å². The number of aliphatic imine (C=N–C) groups is 1. The van der Waals surface area contributed by atoms with E-state index < -0.39 is 6.30 Å². The molecule has 0 fully saturated rings. The second-order valence-electron chi connectivity index (χ2n) is 3.07. The van der Waals surface area contributed by atoms with Gasteiger partial charge in [-0.25, -0.2) is 9.18 Å². The molecule has 84 valence electrons. The summed E-state index contributed by atoms with van der Waals surface area (Å²) >= 11 is 5.83. The SMILES string of the molecule is O=C=NC(F)c1cc2c(cc1Cl)OCCO2. The third-order valence-electron chi connectivity index (χ3n) is 2.08. The van der Waals surface area contributed by atoms with Crippen LogP contribution in [-0.4, -0.2) is 19.3 Å². The lowest BCUT2D eigenvalue weighted by Crippen LogP contribution is -2.15. The largest absolute Gasteiger partial charge is 0.486 e. The molecule has 0 bridgehead atoms. The number of rotatable bonds is 2. The van der Waals surface area contributed by atoms with E-state index in [-0.39, 0.29) is 10.6 Å². The number of ether oxygens (including phenoxy) is 2. The smallest absolute Gasteiger partial charge is 0.238 e. The predicted molar refractivity (Wildman–Crippen MR) is 54.4 cm³/mol. The highest BCUT2D eigenvalue weighted by molar-refractivity contribution is 6.31. The molecule has 4 nitrogen and oxygen atoms in total. The highest BCUT2D eigenvalue weighted by Crippen LogP contribution is 2.38. The minimum absolute atomic E-state index is 0.0641. The molecule has 1 aromatic rings. The highest BCUT2D eigenvalue weighted by Gasteiger charge is 2.19. The minimum atomic E-state index is -1.83. The van der Waals surface area contributed by atoms with E-state index in [1.54, 1.807) is 0 Å². The zero-order chi connectivity index (χ0) is 11.5. The summed E-state index contributed by atoms with van der Waals surface area (Å²) in [5.74, 6) is 0.858. The van der Waals surface area contributed by atoms with Crippen LogP contribution in [0.15, 0.2) is 17.1 Å². The van der Waals surface area contributed by atoms with Gasteiger partial charge in [-0.2, -0.15) is 4.99 Å². The zero-order valence-corrected chi connectivity index (χ0v) is 8.83. The van der Waals surface area contributed by atoms with Gasteiger partial charge in [-0.1, -0.05) is 11.6 Å². The summed E-state index contributed by atoms with van der Waals surface area (Å²) in [5.41, 5.74) is 0.0641. The number of carbonyl (C=O) groups excluding carboxylic acids is 1. The first-order valence-corrected chi connectivity index (χ1v) is 4.90. The highest BCUT2D eigenvalue weighted by atomic mass is 35.5. The number of alkyl halides is 1. The average molecular weight is 244 g/mol. The van der Waals surface area contributed by atoms with Crippen LogP contribution in [0.5, 0.6) is 11.5 Å². The Labute approximate surface area is 95.6 Å². The van der Waals surface area contributed by atoms with Gasteiger partial charge in [0, 0.05) is 11.6 Å². The van der Waals surface area contributed by atoms with Crippen LogP contribution in [0, 0.1) is 0 Å². The van der Waals surface area contributed by atoms with Crippen LogP contribution >= 0.6 is 11.6 Å². The van der Waals surface area contributed by atoms with Crippen molar-refractivity contribution in [3.05, 3.63) is 22.7 Å². The molecular weight excluding hydrogens is 237 g/mol. The number of hydrogen-bond acceptors (Lipinski definition) is 4. The molecule has 0 radical (unpaired) electrons. The summed E-state index contributed by atoms with van der Waals surface area (Å²) in [6.45, 7) is 0.816. The molecule has 1 aromatic carbocycles. The Morgan fingerprint density at radius 2 is 2.00 bits per heavy atom. The van der Waals surface area contributed by atoms with Gasteiger partial charge in [-0.15, -0.1) is 0 Å². The Hall–Kier alpha value is -1.58. The Morgan fingerprint density at radius 3 is 2.62 bits per heavy atom. The van der Waals surface area contributed by atoms with Crippen LogP contribution in [0.25, 0.3) is 0 Å². The van der Waals surface area contributed by atoms with E-state index in [0.717, 1.165) is 6.08 Å². The molecule has 16 heavy (non-hydrogen) atoms. The van der Waals surface area contributed by atoms with Gasteiger partial charge in [0.15, 0.2) is 11.5 Å². The molecule has 0 aromatic heterocycles. The number of isocyanates is 1. The summed E-state index contributed by atoms with van der Waals surface area (Å²) in [4.78, 5) is 12.9. The number of benzene rings is 1. The molecule has 1 atom stereocenters. The van der Waals surface area contributed by atoms with Crippen LogP contribution in [-0.2, 0) is 4.79 Å². The van der Waals surface area contributed by atoms with Gasteiger partial charge in [0.2, 0.25) is 12.4 Å². The molecule has 6 heteroatoms. The van der Waals surface area contributed by atoms with E-state index in [0.29, 0.717) is 24.7 Å². The molecule has 0 aliphatic carbocycles. The van der Waals surface area contributed by atoms with Gasteiger partial charge in [-0.05, 0) is 6.07 Å². The maximum atomic E-state index is 13.4. The maximum Gasteiger partial charge on any atom is 0.238 e. The molecule has 2 rings (SSSR count). The fourth-order valence-electron chi connectivity index (χ4n) is 1.38. The number of hydrogen-bond donors (Lipinski definition) is 0. The van der Waals surface area contributed by atoms with Crippen molar-refractivity contribution in [3.63, 3.8) is 0 Å². The third-order valence-corrected chi connectivity index (χ3v) is 2.41. The van der Waals surface area contributed by atoms with Crippen LogP contribution in [0.4, 0.5) is 4.39 Å². The first kappa shape index (κ1) is 10.9. The fourth-order valence-corrected chi connectivity index (χ4v) is 1.62. The first-order valence-electron chi connectivity index (χ1n) is 4.52. The second-order valence-corrected chi connectivity index (χ2v) is 3.48. The quantitative estimate of drug-likeness (QED) is 0.455. The summed E-state index contributed by atoms with van der Waals surface area (Å²) in [6, 6.07) is 2.82. The van der Waals surface area contributed by atoms with Gasteiger partial charge in [-0.3, -0.25) is 0 Å². The Bertz CT molecular complexity index is 460. The van der Waals surface area contributed by atoms with Crippen molar-refractivity contribution in [2.45, 2.75) is 6.30 Å². The summed E-state index contributed by atoms with van der Waals surface area (Å²) < 4.78 is 23.9. The molecule has 0 N–H and O–H groups in total. The van der Waals surface area contributed by atoms with Crippen molar-refractivity contribution in [1.29, 1.82) is 0 Å². The van der Waals surface area contributed by atoms with Gasteiger partial charge in [0.05, 0.1) is 5.02 Å². The van der Waals surface area contributed by atoms with Crippen molar-refractivity contribution in [3.8, 4) is 11.5 Å². The summed E-state index contributed by atoms with van der Waals surface area (Å²) in [5, 5.41) is 0.135. The maximum absolute atomic E-state index is 13.4. The topological polar surface area (TPSA) is 47.9 Å². The van der Waals surface area contributed by atoms with Crippen molar-refractivity contribution in [1.82, 2.24) is 0 Å². The fraction of sp³-hybridized carbons (Fsp3) is 0.300. The first-order chi connectivity index (χ1) is 7.72. The zero-order valence-electron chi connectivity index (χ0n) is 8.07. The van der Waals surface area contributed by atoms with Crippen molar-refractivity contribution >= 4 is 17.7 Å². The summed E-state index contributed by atoms with van der Waals surface area (Å²) in [6.07, 6.45) is -0.690. The lowest BCUT2D eigenvalue weighted by atomic mass is 10.2. The van der Waals surface area contributed by atoms with Crippen LogP contribution in [0.2, 0.25) is 5.02 Å². The van der Waals surface area contributed by atoms with Crippen LogP contribution in [0.3, 0.4) is 0 Å². The van der Waals surface area contributed by atoms with Gasteiger partial charge in [0.25, 0.3) is 0 Å². The molecule has 0 saturated carbocycles. The van der Waals surface area contributed by atoms with Crippen molar-refractivity contribution < 1.29 is 18.7 Å². The molecular formula is C10H7ClFNO3. The minimum Gasteiger partial charge on any atom is -0.486 e. The normalized spacial score (nSPS) is 15.1. The van der Waals surface area contributed by atoms with E-state index in [1.807, 2.05) is 0 Å². The number of fused-ring (bicyclic) bond motifs is 1. The van der Waals surface area contributed by atoms with Gasteiger partial charge < -0.3 is 9.47 Å². The van der Waals surface area contributed by atoms with E-state index in [4.69, 9.17) is 21.1 Å². The van der Waals surface area contributed by atoms with E-state index in [9.17, 15) is 9.18 Å². The molecule has 0 saturated heterocycles. The molecule has 1 aliphatic rings. The van der Waals surface area contributed by atoms with Gasteiger partial charge >= 0.3 is 0 Å². The molecule has 0 amide bonds. The van der Waals surface area contributed by atoms with E-state index in [1.165, 1.54) is 12.1 Å². The number of nitrogens with zero attached hydrogens (tertiary/aromatic N) is 1. The lowest BCUT2D eigenvalue weighted by Gasteiger charge is -2.19. The van der Waals surface area contributed by atoms with E-state index in [2.05, 4.69) is 4.99 Å². The molecule has 1 unspecified atom stereocenters. The monoisotopic (exact) mass is 243 g/mol. The molecule has 1 heterocycles. The standard InChI is InChI=1S/C10H7ClFNO3/c11-7-4-9-8(15-1-2-16-9)3-6(7)10(12)13-5-14/h3-4,10H,1-2H2. The Morgan fingerprint density at radius 1 is 1.38 bits per heavy atom. The predicted octanol–water partition coefficient (Wildman–Crippen LogP) is 2.42. The summed E-state index contributed by atoms with van der Waals surface area (Å²) in [7, 11) is 0. The van der Waals surface area contributed by atoms with Crippen LogP contribution in [0.1, 0.15) is 11.9 Å². The second kappa shape index (κ2) is 4.51. The molecule has 0 spiro atoms. The lowest BCUT2D eigenvalue weighted by molar-refractivity contribution is 0.171.